The monoisotopic (exact) mass is 988 g/mol. The molecule has 2 fully saturated rings. The van der Waals surface area contributed by atoms with Crippen molar-refractivity contribution in [1.82, 2.24) is 42.1 Å². The number of carbonyl (C=O) groups is 11. The van der Waals surface area contributed by atoms with Gasteiger partial charge >= 0.3 is 0 Å². The molecule has 0 spiro atoms. The highest BCUT2D eigenvalue weighted by molar-refractivity contribution is 7.99. The topological polar surface area (TPSA) is 400 Å². The second-order valence-corrected chi connectivity index (χ2v) is 18.8. The molecule has 0 radical (unpaired) electrons. The van der Waals surface area contributed by atoms with Crippen LogP contribution in [0.15, 0.2) is 24.3 Å². The molecule has 0 aromatic heterocycles. The van der Waals surface area contributed by atoms with Crippen molar-refractivity contribution >= 4 is 76.7 Å². The van der Waals surface area contributed by atoms with Crippen LogP contribution in [-0.4, -0.2) is 148 Å². The van der Waals surface area contributed by atoms with Gasteiger partial charge in [0.05, 0.1) is 19.0 Å². The van der Waals surface area contributed by atoms with Crippen molar-refractivity contribution in [3.8, 4) is 5.75 Å². The third-order valence-corrected chi connectivity index (χ3v) is 12.7. The van der Waals surface area contributed by atoms with Gasteiger partial charge in [0.25, 0.3) is 0 Å². The van der Waals surface area contributed by atoms with Crippen LogP contribution >= 0.6 is 11.8 Å². The number of primary amides is 3. The van der Waals surface area contributed by atoms with E-state index in [-0.39, 0.29) is 55.4 Å². The predicted molar refractivity (Wildman–Crippen MR) is 251 cm³/mol. The maximum Gasteiger partial charge on any atom is 0.246 e. The molecule has 0 unspecified atom stereocenters. The molecule has 2 saturated heterocycles. The summed E-state index contributed by atoms with van der Waals surface area (Å²) in [6.45, 7) is 6.62. The standard InChI is InChI=1S/C44H68N12O12S/c1-5-23(4)36-43(67)50-27(12-13-33(46)58)39(63)52-30(19-34(47)59)40(64)54-31(21-69-16-14-26(45)37(61)51-29(41(65)55-36)18-24-8-10-25(57)11-9-24)44(68)56-15-6-7-32(56)42(66)53-28(17-22(2)3)38(62)49-20-35(48)60/h8-11,22-23,26-32,36,57H,5-7,12-21,45H2,1-4H3,(H2,46,58)(H2,47,59)(H2,48,60)(H,49,62)(H,50,67)(H,51,61)(H,52,63)(H,53,66)(H,54,64)(H,55,65)/t23-,26-,27-,28-,29-,30-,31-,32-,36-/m0/s1. The number of rotatable bonds is 17. The van der Waals surface area contributed by atoms with Crippen molar-refractivity contribution in [2.45, 2.75) is 134 Å². The summed E-state index contributed by atoms with van der Waals surface area (Å²) in [6, 6.07) is -4.94. The second-order valence-electron chi connectivity index (χ2n) is 17.7. The predicted octanol–water partition coefficient (Wildman–Crippen LogP) is -3.87. The van der Waals surface area contributed by atoms with Crippen LogP contribution in [-0.2, 0) is 59.2 Å². The van der Waals surface area contributed by atoms with Crippen LogP contribution in [0.4, 0.5) is 0 Å². The fourth-order valence-electron chi connectivity index (χ4n) is 7.57. The summed E-state index contributed by atoms with van der Waals surface area (Å²) < 4.78 is 0. The number of thioether (sulfide) groups is 1. The number of carbonyl (C=O) groups excluding carboxylic acids is 11. The summed E-state index contributed by atoms with van der Waals surface area (Å²) in [5.74, 6) is -10.1. The molecular formula is C44H68N12O12S. The summed E-state index contributed by atoms with van der Waals surface area (Å²) >= 11 is 1.09. The number of nitrogens with one attached hydrogen (secondary N) is 7. The number of nitrogens with zero attached hydrogens (tertiary/aromatic N) is 1. The van der Waals surface area contributed by atoms with E-state index in [4.69, 9.17) is 22.9 Å². The van der Waals surface area contributed by atoms with Gasteiger partial charge in [-0.1, -0.05) is 46.2 Å². The number of phenolic OH excluding ortho intramolecular Hbond substituents is 1. The first-order valence-corrected chi connectivity index (χ1v) is 24.0. The van der Waals surface area contributed by atoms with Gasteiger partial charge < -0.3 is 70.2 Å². The largest absolute Gasteiger partial charge is 0.508 e. The minimum absolute atomic E-state index is 0.00629. The Labute approximate surface area is 404 Å². The van der Waals surface area contributed by atoms with Crippen LogP contribution in [0.2, 0.25) is 0 Å². The lowest BCUT2D eigenvalue weighted by molar-refractivity contribution is -0.142. The number of phenols is 1. The summed E-state index contributed by atoms with van der Waals surface area (Å²) in [4.78, 5) is 148. The summed E-state index contributed by atoms with van der Waals surface area (Å²) in [5.41, 5.74) is 23.0. The van der Waals surface area contributed by atoms with Crippen LogP contribution in [0, 0.1) is 11.8 Å². The quantitative estimate of drug-likeness (QED) is 0.0711. The molecule has 1 aromatic carbocycles. The fraction of sp³-hybridized carbons (Fsp3) is 0.614. The van der Waals surface area contributed by atoms with E-state index >= 15 is 0 Å². The minimum Gasteiger partial charge on any atom is -0.508 e. The number of hydrogen-bond acceptors (Lipinski definition) is 14. The average molecular weight is 989 g/mol. The summed E-state index contributed by atoms with van der Waals surface area (Å²) in [7, 11) is 0. The van der Waals surface area contributed by atoms with Crippen LogP contribution < -0.4 is 60.2 Å². The van der Waals surface area contributed by atoms with Gasteiger partial charge in [-0.2, -0.15) is 11.8 Å². The molecule has 0 bridgehead atoms. The zero-order chi connectivity index (χ0) is 51.5. The number of aromatic hydroxyl groups is 1. The number of likely N-dealkylation sites (tertiary alicyclic amines) is 1. The van der Waals surface area contributed by atoms with Gasteiger partial charge in [-0.05, 0) is 67.4 Å². The highest BCUT2D eigenvalue weighted by Crippen LogP contribution is 2.22. The van der Waals surface area contributed by atoms with Gasteiger partial charge in [-0.25, -0.2) is 0 Å². The molecule has 0 saturated carbocycles. The Morgan fingerprint density at radius 3 is 2.03 bits per heavy atom. The third-order valence-electron chi connectivity index (χ3n) is 11.6. The van der Waals surface area contributed by atoms with Gasteiger partial charge in [0, 0.05) is 25.1 Å². The molecule has 2 heterocycles. The Bertz CT molecular complexity index is 2040. The van der Waals surface area contributed by atoms with E-state index in [0.29, 0.717) is 18.4 Å². The molecule has 25 heteroatoms. The van der Waals surface area contributed by atoms with E-state index in [2.05, 4.69) is 37.2 Å². The van der Waals surface area contributed by atoms with Gasteiger partial charge in [0.1, 0.15) is 48.0 Å². The molecule has 16 N–H and O–H groups in total. The second kappa shape index (κ2) is 27.5. The van der Waals surface area contributed by atoms with E-state index in [9.17, 15) is 57.8 Å². The molecular weight excluding hydrogens is 921 g/mol. The molecule has 382 valence electrons. The molecule has 0 aliphatic carbocycles. The Balaban J connectivity index is 2.05. The highest BCUT2D eigenvalue weighted by Gasteiger charge is 2.41. The molecule has 2 aliphatic rings. The summed E-state index contributed by atoms with van der Waals surface area (Å²) in [6.07, 6.45) is -0.667. The first-order valence-electron chi connectivity index (χ1n) is 22.9. The van der Waals surface area contributed by atoms with Crippen molar-refractivity contribution in [2.75, 3.05) is 24.6 Å². The first-order chi connectivity index (χ1) is 32.5. The Hall–Kier alpha value is -6.50. The zero-order valence-electron chi connectivity index (χ0n) is 39.4. The van der Waals surface area contributed by atoms with E-state index < -0.39 is 145 Å². The van der Waals surface area contributed by atoms with Crippen LogP contribution in [0.5, 0.6) is 5.75 Å². The molecule has 69 heavy (non-hydrogen) atoms. The molecule has 9 atom stereocenters. The number of amides is 11. The Morgan fingerprint density at radius 2 is 1.42 bits per heavy atom. The van der Waals surface area contributed by atoms with Crippen molar-refractivity contribution in [1.29, 1.82) is 0 Å². The highest BCUT2D eigenvalue weighted by atomic mass is 32.2. The third kappa shape index (κ3) is 18.5. The van der Waals surface area contributed by atoms with E-state index in [1.54, 1.807) is 26.0 Å². The maximum absolute atomic E-state index is 14.5. The van der Waals surface area contributed by atoms with Crippen LogP contribution in [0.1, 0.15) is 84.6 Å². The smallest absolute Gasteiger partial charge is 0.246 e. The number of hydrogen-bond donors (Lipinski definition) is 12. The lowest BCUT2D eigenvalue weighted by Gasteiger charge is -2.31. The molecule has 11 amide bonds. The fourth-order valence-corrected chi connectivity index (χ4v) is 8.62. The van der Waals surface area contributed by atoms with Gasteiger partial charge in [-0.3, -0.25) is 52.7 Å². The lowest BCUT2D eigenvalue weighted by Crippen LogP contribution is -2.61. The van der Waals surface area contributed by atoms with Crippen LogP contribution in [0.25, 0.3) is 0 Å². The molecule has 2 aliphatic heterocycles. The first kappa shape index (κ1) is 56.8. The zero-order valence-corrected chi connectivity index (χ0v) is 40.2. The minimum atomic E-state index is -1.75. The molecule has 3 rings (SSSR count). The van der Waals surface area contributed by atoms with Gasteiger partial charge in [0.2, 0.25) is 65.0 Å². The van der Waals surface area contributed by atoms with Crippen molar-refractivity contribution in [2.24, 2.45) is 34.8 Å². The molecule has 1 aromatic rings. The van der Waals surface area contributed by atoms with Gasteiger partial charge in [-0.15, -0.1) is 0 Å². The van der Waals surface area contributed by atoms with Crippen molar-refractivity contribution in [3.63, 3.8) is 0 Å². The van der Waals surface area contributed by atoms with Crippen LogP contribution in [0.3, 0.4) is 0 Å². The lowest BCUT2D eigenvalue weighted by atomic mass is 9.96. The average Bonchev–Trinajstić information content (AvgIpc) is 3.78. The SMILES string of the molecule is CC[C@H](C)[C@@H]1NC(=O)[C@H](Cc2ccc(O)cc2)NC(=O)[C@@H](N)CCSC[C@@H](C(=O)N2CCC[C@H]2C(=O)N[C@@H](CC(C)C)C(=O)NCC(N)=O)NC(=O)[C@H](CC(N)=O)NC(=O)[C@H](CCC(N)=O)NC1=O. The van der Waals surface area contributed by atoms with Gasteiger partial charge in [0.15, 0.2) is 0 Å². The molecule has 24 nitrogen and oxygen atoms in total. The maximum atomic E-state index is 14.5. The number of benzene rings is 1. The Morgan fingerprint density at radius 1 is 0.797 bits per heavy atom. The van der Waals surface area contributed by atoms with E-state index in [1.165, 1.54) is 17.0 Å². The normalized spacial score (nSPS) is 24.3. The van der Waals surface area contributed by atoms with Crippen molar-refractivity contribution in [3.05, 3.63) is 29.8 Å². The number of nitrogens with two attached hydrogens (primary N) is 4. The van der Waals surface area contributed by atoms with E-state index in [0.717, 1.165) is 11.8 Å². The van der Waals surface area contributed by atoms with E-state index in [1.807, 2.05) is 13.8 Å². The van der Waals surface area contributed by atoms with Crippen molar-refractivity contribution < 1.29 is 57.8 Å². The Kier molecular flexibility index (Phi) is 22.6. The summed E-state index contributed by atoms with van der Waals surface area (Å²) in [5, 5.41) is 27.7.